The summed E-state index contributed by atoms with van der Waals surface area (Å²) in [7, 11) is 0. The topological polar surface area (TPSA) is 0 Å². The van der Waals surface area contributed by atoms with Crippen molar-refractivity contribution < 1.29 is 0 Å². The Kier molecular flexibility index (Phi) is 7.00. The molecule has 6 aromatic carbocycles. The average molecular weight is 607 g/mol. The van der Waals surface area contributed by atoms with Gasteiger partial charge in [0.05, 0.1) is 5.41 Å². The number of fused-ring (bicyclic) bond motifs is 8. The lowest BCUT2D eigenvalue weighted by Crippen LogP contribution is -2.30. The van der Waals surface area contributed by atoms with Crippen LogP contribution in [0.3, 0.4) is 0 Å². The third-order valence-corrected chi connectivity index (χ3v) is 10.8. The molecule has 1 unspecified atom stereocenters. The Morgan fingerprint density at radius 2 is 1.24 bits per heavy atom. The molecule has 0 saturated carbocycles. The minimum atomic E-state index is -0.498. The number of hydrogen-bond acceptors (Lipinski definition) is 1. The van der Waals surface area contributed by atoms with Crippen molar-refractivity contribution in [3.8, 4) is 33.4 Å². The van der Waals surface area contributed by atoms with E-state index in [4.69, 9.17) is 6.58 Å². The summed E-state index contributed by atoms with van der Waals surface area (Å²) in [5.74, 6) is 0.919. The van der Waals surface area contributed by atoms with Gasteiger partial charge < -0.3 is 0 Å². The Balaban J connectivity index is 1.32. The van der Waals surface area contributed by atoms with E-state index < -0.39 is 5.41 Å². The van der Waals surface area contributed by atoms with Gasteiger partial charge in [-0.25, -0.2) is 0 Å². The molecular formula is C45H34S. The number of allylic oxidation sites excluding steroid dienone is 3. The molecule has 0 bridgehead atoms. The molecule has 1 aliphatic carbocycles. The lowest BCUT2D eigenvalue weighted by atomic mass is 9.64. The van der Waals surface area contributed by atoms with E-state index in [2.05, 4.69) is 152 Å². The molecule has 1 aliphatic heterocycles. The Labute approximate surface area is 275 Å². The summed E-state index contributed by atoms with van der Waals surface area (Å²) in [5, 5.41) is 2.19. The van der Waals surface area contributed by atoms with Gasteiger partial charge >= 0.3 is 0 Å². The molecule has 1 heterocycles. The first-order valence-electron chi connectivity index (χ1n) is 15.9. The van der Waals surface area contributed by atoms with Crippen LogP contribution in [0.1, 0.15) is 34.7 Å². The molecule has 2 aliphatic rings. The van der Waals surface area contributed by atoms with Gasteiger partial charge in [0.15, 0.2) is 0 Å². The Hall–Kier alpha value is -5.11. The highest BCUT2D eigenvalue weighted by atomic mass is 32.2. The zero-order chi connectivity index (χ0) is 31.3. The molecule has 1 atom stereocenters. The Morgan fingerprint density at radius 1 is 0.587 bits per heavy atom. The summed E-state index contributed by atoms with van der Waals surface area (Å²) in [6.45, 7) is 11.4. The van der Waals surface area contributed by atoms with Crippen molar-refractivity contribution in [2.24, 2.45) is 0 Å². The van der Waals surface area contributed by atoms with Crippen molar-refractivity contribution in [3.63, 3.8) is 0 Å². The van der Waals surface area contributed by atoms with Gasteiger partial charge in [-0.05, 0) is 96.3 Å². The average Bonchev–Trinajstić information content (AvgIpc) is 3.40. The number of thioether (sulfide) groups is 1. The van der Waals surface area contributed by atoms with Gasteiger partial charge in [0, 0.05) is 10.6 Å². The monoisotopic (exact) mass is 606 g/mol. The van der Waals surface area contributed by atoms with Crippen molar-refractivity contribution in [2.45, 2.75) is 23.0 Å². The van der Waals surface area contributed by atoms with E-state index in [-0.39, 0.29) is 0 Å². The van der Waals surface area contributed by atoms with Crippen molar-refractivity contribution >= 4 is 30.0 Å². The van der Waals surface area contributed by atoms with Crippen LogP contribution in [0.25, 0.3) is 51.6 Å². The quantitative estimate of drug-likeness (QED) is 0.193. The first kappa shape index (κ1) is 28.4. The lowest BCUT2D eigenvalue weighted by Gasteiger charge is -2.39. The van der Waals surface area contributed by atoms with E-state index in [1.165, 1.54) is 60.5 Å². The third-order valence-electron chi connectivity index (χ3n) is 9.72. The van der Waals surface area contributed by atoms with Crippen LogP contribution in [0.15, 0.2) is 157 Å². The fourth-order valence-electron chi connectivity index (χ4n) is 7.52. The molecule has 1 spiro atoms. The van der Waals surface area contributed by atoms with Gasteiger partial charge in [-0.15, -0.1) is 11.8 Å². The molecule has 6 aromatic rings. The largest absolute Gasteiger partial charge is 0.121 e. The SMILES string of the molecule is C=C1c2ccccc2SCc2ccccc2C12c1ccccc1-c1ccc(-c3ccc(-c4ccc/c(=C/C=C\C)c4=C)cc3)cc12. The maximum Gasteiger partial charge on any atom is 0.0717 e. The van der Waals surface area contributed by atoms with E-state index in [1.807, 2.05) is 24.8 Å². The predicted molar refractivity (Wildman–Crippen MR) is 198 cm³/mol. The van der Waals surface area contributed by atoms with E-state index in [1.54, 1.807) is 0 Å². The van der Waals surface area contributed by atoms with Gasteiger partial charge in [0.1, 0.15) is 0 Å². The molecular weight excluding hydrogens is 573 g/mol. The fraction of sp³-hybridized carbons (Fsp3) is 0.0667. The highest BCUT2D eigenvalue weighted by Gasteiger charge is 2.49. The molecule has 0 radical (unpaired) electrons. The standard InChI is InChI=1S/C45H34S/c1-4-5-13-32-15-12-18-37(30(32)2)34-24-22-33(23-25-34)35-26-27-40-39-17-7-10-20-42(39)45(43(40)28-35)31(3)38-16-8-11-21-44(38)46-29-36-14-6-9-19-41(36)45/h4-28H,2-3,29H2,1H3/b5-4-,32-13-. The summed E-state index contributed by atoms with van der Waals surface area (Å²) in [5.41, 5.74) is 14.5. The van der Waals surface area contributed by atoms with Crippen LogP contribution >= 0.6 is 11.8 Å². The second kappa shape index (κ2) is 11.4. The Bertz CT molecular complexity index is 2300. The smallest absolute Gasteiger partial charge is 0.0717 e. The van der Waals surface area contributed by atoms with Crippen molar-refractivity contribution in [1.82, 2.24) is 0 Å². The number of hydrogen-bond donors (Lipinski definition) is 0. The maximum atomic E-state index is 4.94. The third kappa shape index (κ3) is 4.30. The first-order valence-corrected chi connectivity index (χ1v) is 16.9. The van der Waals surface area contributed by atoms with Crippen molar-refractivity contribution in [3.05, 3.63) is 190 Å². The van der Waals surface area contributed by atoms with Crippen LogP contribution in [0, 0.1) is 0 Å². The summed E-state index contributed by atoms with van der Waals surface area (Å²) in [4.78, 5) is 1.29. The van der Waals surface area contributed by atoms with Crippen LogP contribution < -0.4 is 10.4 Å². The van der Waals surface area contributed by atoms with Crippen LogP contribution in [0.5, 0.6) is 0 Å². The Morgan fingerprint density at radius 3 is 2.07 bits per heavy atom. The van der Waals surface area contributed by atoms with E-state index >= 15 is 0 Å². The molecule has 0 nitrogen and oxygen atoms in total. The highest BCUT2D eigenvalue weighted by Crippen LogP contribution is 2.61. The molecule has 0 amide bonds. The molecule has 46 heavy (non-hydrogen) atoms. The molecule has 220 valence electrons. The van der Waals surface area contributed by atoms with Crippen LogP contribution in [0.4, 0.5) is 0 Å². The fourth-order valence-corrected chi connectivity index (χ4v) is 8.61. The van der Waals surface area contributed by atoms with E-state index in [9.17, 15) is 0 Å². The van der Waals surface area contributed by atoms with Gasteiger partial charge in [-0.3, -0.25) is 0 Å². The lowest BCUT2D eigenvalue weighted by molar-refractivity contribution is 0.813. The molecule has 8 rings (SSSR count). The summed E-state index contributed by atoms with van der Waals surface area (Å²) in [6.07, 6.45) is 6.23. The van der Waals surface area contributed by atoms with E-state index in [0.29, 0.717) is 0 Å². The van der Waals surface area contributed by atoms with Gasteiger partial charge in [0.25, 0.3) is 0 Å². The minimum Gasteiger partial charge on any atom is -0.121 e. The highest BCUT2D eigenvalue weighted by molar-refractivity contribution is 7.98. The van der Waals surface area contributed by atoms with Crippen LogP contribution in [-0.4, -0.2) is 0 Å². The van der Waals surface area contributed by atoms with Crippen molar-refractivity contribution in [1.29, 1.82) is 0 Å². The number of rotatable bonds is 3. The van der Waals surface area contributed by atoms with Crippen LogP contribution in [0.2, 0.25) is 0 Å². The molecule has 0 saturated heterocycles. The van der Waals surface area contributed by atoms with Gasteiger partial charge in [-0.1, -0.05) is 153 Å². The maximum absolute atomic E-state index is 4.94. The summed E-state index contributed by atoms with van der Waals surface area (Å²) >= 11 is 1.91. The zero-order valence-electron chi connectivity index (χ0n) is 26.0. The molecule has 0 N–H and O–H groups in total. The normalized spacial score (nSPS) is 16.9. The second-order valence-electron chi connectivity index (χ2n) is 12.1. The minimum absolute atomic E-state index is 0.498. The summed E-state index contributed by atoms with van der Waals surface area (Å²) < 4.78 is 0. The predicted octanol–water partition coefficient (Wildman–Crippen LogP) is 10.4. The summed E-state index contributed by atoms with van der Waals surface area (Å²) in [6, 6.07) is 49.2. The molecule has 0 fully saturated rings. The van der Waals surface area contributed by atoms with Crippen LogP contribution in [-0.2, 0) is 11.2 Å². The van der Waals surface area contributed by atoms with Gasteiger partial charge in [-0.2, -0.15) is 0 Å². The van der Waals surface area contributed by atoms with E-state index in [0.717, 1.165) is 27.3 Å². The first-order chi connectivity index (χ1) is 22.6. The molecule has 1 heteroatoms. The number of benzene rings is 6. The molecule has 0 aromatic heterocycles. The van der Waals surface area contributed by atoms with Gasteiger partial charge in [0.2, 0.25) is 0 Å². The zero-order valence-corrected chi connectivity index (χ0v) is 26.8. The second-order valence-corrected chi connectivity index (χ2v) is 13.1. The van der Waals surface area contributed by atoms with Crippen molar-refractivity contribution in [2.75, 3.05) is 0 Å².